The maximum atomic E-state index is 12.2. The first kappa shape index (κ1) is 15.4. The summed E-state index contributed by atoms with van der Waals surface area (Å²) in [6, 6.07) is 8.95. The summed E-state index contributed by atoms with van der Waals surface area (Å²) >= 11 is 6.00. The Balaban J connectivity index is 2.08. The number of halogens is 1. The molecule has 1 heterocycles. The molecule has 1 N–H and O–H groups in total. The van der Waals surface area contributed by atoms with E-state index in [-0.39, 0.29) is 5.57 Å². The van der Waals surface area contributed by atoms with E-state index in [0.717, 1.165) is 25.9 Å². The Kier molecular flexibility index (Phi) is 5.65. The minimum atomic E-state index is -0.421. The van der Waals surface area contributed by atoms with Gasteiger partial charge in [0.2, 0.25) is 0 Å². The second-order valence-corrected chi connectivity index (χ2v) is 5.45. The van der Waals surface area contributed by atoms with Crippen LogP contribution >= 0.6 is 11.6 Å². The molecule has 5 heteroatoms. The minimum absolute atomic E-state index is 0.108. The van der Waals surface area contributed by atoms with Gasteiger partial charge in [-0.05, 0) is 25.0 Å². The third-order valence-corrected chi connectivity index (χ3v) is 3.77. The second-order valence-electron chi connectivity index (χ2n) is 5.04. The Hall–Kier alpha value is -1.99. The van der Waals surface area contributed by atoms with Gasteiger partial charge in [0, 0.05) is 19.3 Å². The molecule has 0 saturated carbocycles. The zero-order valence-electron chi connectivity index (χ0n) is 11.8. The molecule has 0 unspecified atom stereocenters. The number of carbonyl (C=O) groups is 1. The van der Waals surface area contributed by atoms with Crippen LogP contribution in [0.25, 0.3) is 0 Å². The topological polar surface area (TPSA) is 56.1 Å². The highest BCUT2D eigenvalue weighted by Crippen LogP contribution is 2.21. The first-order chi connectivity index (χ1) is 10.2. The summed E-state index contributed by atoms with van der Waals surface area (Å²) in [6.45, 7) is 1.79. The van der Waals surface area contributed by atoms with E-state index >= 15 is 0 Å². The van der Waals surface area contributed by atoms with Gasteiger partial charge < -0.3 is 10.2 Å². The summed E-state index contributed by atoms with van der Waals surface area (Å²) in [4.78, 5) is 14.2. The van der Waals surface area contributed by atoms with E-state index in [4.69, 9.17) is 11.6 Å². The number of likely N-dealkylation sites (tertiary alicyclic amines) is 1. The Morgan fingerprint density at radius 1 is 1.24 bits per heavy atom. The average molecular weight is 304 g/mol. The van der Waals surface area contributed by atoms with E-state index in [0.29, 0.717) is 10.7 Å². The predicted molar refractivity (Wildman–Crippen MR) is 83.8 cm³/mol. The number of carbonyl (C=O) groups excluding carboxylic acids is 1. The average Bonchev–Trinajstić information content (AvgIpc) is 2.75. The number of nitrogens with one attached hydrogen (secondary N) is 1. The molecular formula is C16H18ClN3O. The molecule has 2 rings (SSSR count). The van der Waals surface area contributed by atoms with Crippen molar-refractivity contribution in [1.29, 1.82) is 5.26 Å². The van der Waals surface area contributed by atoms with Crippen molar-refractivity contribution in [3.63, 3.8) is 0 Å². The lowest BCUT2D eigenvalue weighted by molar-refractivity contribution is -0.112. The molecule has 4 nitrogen and oxygen atoms in total. The molecule has 1 aliphatic heterocycles. The Bertz CT molecular complexity index is 569. The van der Waals surface area contributed by atoms with Crippen molar-refractivity contribution < 1.29 is 4.79 Å². The van der Waals surface area contributed by atoms with Gasteiger partial charge in [-0.1, -0.05) is 36.6 Å². The molecule has 0 radical (unpaired) electrons. The van der Waals surface area contributed by atoms with Gasteiger partial charge in [-0.15, -0.1) is 0 Å². The van der Waals surface area contributed by atoms with Crippen LogP contribution in [0.15, 0.2) is 36.0 Å². The van der Waals surface area contributed by atoms with Gasteiger partial charge in [0.25, 0.3) is 5.91 Å². The smallest absolute Gasteiger partial charge is 0.267 e. The fraction of sp³-hybridized carbons (Fsp3) is 0.375. The maximum absolute atomic E-state index is 12.2. The largest absolute Gasteiger partial charge is 0.376 e. The molecule has 110 valence electrons. The molecule has 1 saturated heterocycles. The van der Waals surface area contributed by atoms with Crippen LogP contribution in [0.3, 0.4) is 0 Å². The van der Waals surface area contributed by atoms with Crippen molar-refractivity contribution in [2.24, 2.45) is 0 Å². The third-order valence-electron chi connectivity index (χ3n) is 3.44. The number of nitriles is 1. The van der Waals surface area contributed by atoms with Crippen molar-refractivity contribution in [2.75, 3.05) is 18.4 Å². The van der Waals surface area contributed by atoms with E-state index < -0.39 is 5.91 Å². The van der Waals surface area contributed by atoms with Crippen molar-refractivity contribution in [3.8, 4) is 6.07 Å². The zero-order chi connectivity index (χ0) is 15.1. The molecule has 1 amide bonds. The number of amides is 1. The SMILES string of the molecule is N#C/C(=C/N1CCCCCC1)C(=O)Nc1ccccc1Cl. The van der Waals surface area contributed by atoms with Crippen LogP contribution in [0.5, 0.6) is 0 Å². The second kappa shape index (κ2) is 7.70. The lowest BCUT2D eigenvalue weighted by Gasteiger charge is -2.17. The standard InChI is InChI=1S/C16H18ClN3O/c17-14-7-3-4-8-15(14)19-16(21)13(11-18)12-20-9-5-1-2-6-10-20/h3-4,7-8,12H,1-2,5-6,9-10H2,(H,19,21)/b13-12-. The quantitative estimate of drug-likeness (QED) is 0.686. The summed E-state index contributed by atoms with van der Waals surface area (Å²) in [7, 11) is 0. The molecule has 0 bridgehead atoms. The molecule has 1 aliphatic rings. The highest BCUT2D eigenvalue weighted by atomic mass is 35.5. The van der Waals surface area contributed by atoms with Crippen molar-refractivity contribution in [2.45, 2.75) is 25.7 Å². The molecule has 1 fully saturated rings. The number of anilines is 1. The number of benzene rings is 1. The van der Waals surface area contributed by atoms with Gasteiger partial charge in [-0.2, -0.15) is 5.26 Å². The Morgan fingerprint density at radius 3 is 2.52 bits per heavy atom. The number of para-hydroxylation sites is 1. The molecule has 21 heavy (non-hydrogen) atoms. The summed E-state index contributed by atoms with van der Waals surface area (Å²) in [5.74, 6) is -0.421. The molecule has 0 aliphatic carbocycles. The lowest BCUT2D eigenvalue weighted by Crippen LogP contribution is -2.22. The van der Waals surface area contributed by atoms with Crippen LogP contribution < -0.4 is 5.32 Å². The number of hydrogen-bond acceptors (Lipinski definition) is 3. The third kappa shape index (κ3) is 4.51. The van der Waals surface area contributed by atoms with E-state index in [2.05, 4.69) is 10.2 Å². The molecule has 1 aromatic carbocycles. The number of nitrogens with zero attached hydrogens (tertiary/aromatic N) is 2. The van der Waals surface area contributed by atoms with E-state index in [9.17, 15) is 10.1 Å². The monoisotopic (exact) mass is 303 g/mol. The van der Waals surface area contributed by atoms with Crippen LogP contribution in [0.2, 0.25) is 5.02 Å². The Morgan fingerprint density at radius 2 is 1.90 bits per heavy atom. The lowest BCUT2D eigenvalue weighted by atomic mass is 10.2. The zero-order valence-corrected chi connectivity index (χ0v) is 12.6. The normalized spacial score (nSPS) is 16.0. The van der Waals surface area contributed by atoms with E-state index in [1.807, 2.05) is 6.07 Å². The first-order valence-electron chi connectivity index (χ1n) is 7.12. The Labute approximate surface area is 130 Å². The van der Waals surface area contributed by atoms with Gasteiger partial charge in [-0.25, -0.2) is 0 Å². The van der Waals surface area contributed by atoms with E-state index in [1.54, 1.807) is 30.5 Å². The van der Waals surface area contributed by atoms with Crippen LogP contribution in [-0.2, 0) is 4.79 Å². The molecular weight excluding hydrogens is 286 g/mol. The fourth-order valence-corrected chi connectivity index (χ4v) is 2.48. The van der Waals surface area contributed by atoms with Crippen LogP contribution in [0.4, 0.5) is 5.69 Å². The van der Waals surface area contributed by atoms with Crippen LogP contribution in [-0.4, -0.2) is 23.9 Å². The summed E-state index contributed by atoms with van der Waals surface area (Å²) in [5.41, 5.74) is 0.623. The van der Waals surface area contributed by atoms with Crippen molar-refractivity contribution in [1.82, 2.24) is 4.90 Å². The van der Waals surface area contributed by atoms with Crippen LogP contribution in [0.1, 0.15) is 25.7 Å². The van der Waals surface area contributed by atoms with Crippen molar-refractivity contribution >= 4 is 23.2 Å². The van der Waals surface area contributed by atoms with E-state index in [1.165, 1.54) is 12.8 Å². The molecule has 1 aromatic rings. The number of hydrogen-bond donors (Lipinski definition) is 1. The fourth-order valence-electron chi connectivity index (χ4n) is 2.30. The minimum Gasteiger partial charge on any atom is -0.376 e. The molecule has 0 atom stereocenters. The van der Waals surface area contributed by atoms with Crippen molar-refractivity contribution in [3.05, 3.63) is 41.1 Å². The highest BCUT2D eigenvalue weighted by Gasteiger charge is 2.13. The first-order valence-corrected chi connectivity index (χ1v) is 7.50. The van der Waals surface area contributed by atoms with Gasteiger partial charge in [0.05, 0.1) is 10.7 Å². The van der Waals surface area contributed by atoms with Crippen LogP contribution in [0, 0.1) is 11.3 Å². The van der Waals surface area contributed by atoms with Gasteiger partial charge in [0.15, 0.2) is 0 Å². The van der Waals surface area contributed by atoms with Gasteiger partial charge in [-0.3, -0.25) is 4.79 Å². The maximum Gasteiger partial charge on any atom is 0.267 e. The number of rotatable bonds is 3. The van der Waals surface area contributed by atoms with Gasteiger partial charge in [0.1, 0.15) is 11.6 Å². The molecule has 0 spiro atoms. The summed E-state index contributed by atoms with van der Waals surface area (Å²) in [6.07, 6.45) is 6.27. The summed E-state index contributed by atoms with van der Waals surface area (Å²) < 4.78 is 0. The molecule has 0 aromatic heterocycles. The van der Waals surface area contributed by atoms with Gasteiger partial charge >= 0.3 is 0 Å². The predicted octanol–water partition coefficient (Wildman–Crippen LogP) is 3.56. The highest BCUT2D eigenvalue weighted by molar-refractivity contribution is 6.33. The summed E-state index contributed by atoms with van der Waals surface area (Å²) in [5, 5.41) is 12.3.